The molecule has 174 valence electrons. The predicted octanol–water partition coefficient (Wildman–Crippen LogP) is 4.18. The molecule has 6 heteroatoms. The van der Waals surface area contributed by atoms with Gasteiger partial charge in [0, 0.05) is 25.2 Å². The zero-order chi connectivity index (χ0) is 23.8. The Morgan fingerprint density at radius 2 is 1.70 bits per heavy atom. The van der Waals surface area contributed by atoms with Crippen molar-refractivity contribution in [1.29, 1.82) is 0 Å². The van der Waals surface area contributed by atoms with E-state index >= 15 is 0 Å². The highest BCUT2D eigenvalue weighted by atomic mass is 16.3. The molecule has 0 fully saturated rings. The number of phenols is 1. The lowest BCUT2D eigenvalue weighted by atomic mass is 10.0. The maximum atomic E-state index is 12.3. The number of nitrogens with zero attached hydrogens (tertiary/aromatic N) is 3. The first kappa shape index (κ1) is 24.4. The lowest BCUT2D eigenvalue weighted by molar-refractivity contribution is -0.121. The van der Waals surface area contributed by atoms with E-state index in [1.54, 1.807) is 6.07 Å². The van der Waals surface area contributed by atoms with Crippen molar-refractivity contribution in [1.82, 2.24) is 15.2 Å². The lowest BCUT2D eigenvalue weighted by Crippen LogP contribution is -2.37. The number of nitrogens with one attached hydrogen (secondary N) is 1. The minimum atomic E-state index is -0.194. The topological polar surface area (TPSA) is 68.2 Å². The molecule has 3 rings (SSSR count). The molecule has 0 radical (unpaired) electrons. The Morgan fingerprint density at radius 3 is 2.42 bits per heavy atom. The molecule has 2 N–H and O–H groups in total. The van der Waals surface area contributed by atoms with E-state index in [2.05, 4.69) is 60.6 Å². The van der Waals surface area contributed by atoms with Gasteiger partial charge in [0.25, 0.3) is 5.91 Å². The van der Waals surface area contributed by atoms with Gasteiger partial charge in [-0.05, 0) is 48.0 Å². The maximum Gasteiger partial charge on any atom is 0.254 e. The third kappa shape index (κ3) is 7.14. The third-order valence-electron chi connectivity index (χ3n) is 5.71. The molecule has 3 aromatic carbocycles. The van der Waals surface area contributed by atoms with Gasteiger partial charge in [0.2, 0.25) is 0 Å². The second kappa shape index (κ2) is 11.6. The highest BCUT2D eigenvalue weighted by molar-refractivity contribution is 6.02. The Kier molecular flexibility index (Phi) is 8.58. The van der Waals surface area contributed by atoms with Crippen molar-refractivity contribution in [2.45, 2.75) is 26.3 Å². The van der Waals surface area contributed by atoms with Crippen LogP contribution in [0.2, 0.25) is 0 Å². The number of aromatic hydroxyl groups is 1. The summed E-state index contributed by atoms with van der Waals surface area (Å²) in [4.78, 5) is 16.5. The molecule has 0 aliphatic rings. The van der Waals surface area contributed by atoms with Crippen LogP contribution in [-0.4, -0.2) is 60.8 Å². The summed E-state index contributed by atoms with van der Waals surface area (Å²) in [7, 11) is 4.01. The first-order valence-electron chi connectivity index (χ1n) is 11.3. The van der Waals surface area contributed by atoms with Crippen molar-refractivity contribution >= 4 is 22.9 Å². The summed E-state index contributed by atoms with van der Waals surface area (Å²) in [5.74, 6) is 0.477. The van der Waals surface area contributed by atoms with Crippen LogP contribution in [-0.2, 0) is 11.3 Å². The zero-order valence-electron chi connectivity index (χ0n) is 20.0. The lowest BCUT2D eigenvalue weighted by Gasteiger charge is -2.21. The van der Waals surface area contributed by atoms with Crippen LogP contribution in [0.25, 0.3) is 10.8 Å². The van der Waals surface area contributed by atoms with Gasteiger partial charge < -0.3 is 10.0 Å². The monoisotopic (exact) mass is 446 g/mol. The van der Waals surface area contributed by atoms with E-state index in [0.717, 1.165) is 30.4 Å². The summed E-state index contributed by atoms with van der Waals surface area (Å²) in [6.07, 6.45) is 1.49. The summed E-state index contributed by atoms with van der Waals surface area (Å²) in [5, 5.41) is 16.1. The zero-order valence-corrected chi connectivity index (χ0v) is 20.0. The smallest absolute Gasteiger partial charge is 0.254 e. The van der Waals surface area contributed by atoms with Gasteiger partial charge in [-0.3, -0.25) is 9.69 Å². The second-order valence-corrected chi connectivity index (χ2v) is 8.88. The van der Waals surface area contributed by atoms with E-state index in [1.165, 1.54) is 17.3 Å². The molecule has 0 unspecified atom stereocenters. The molecular formula is C27H34N4O2. The Bertz CT molecular complexity index is 1090. The molecule has 0 bridgehead atoms. The SMILES string of the molecule is CC(C)c1ccc(CN(C)CCN(C)CC(=O)N/N=C/c2c(O)ccc3ccccc23)cc1. The minimum Gasteiger partial charge on any atom is -0.507 e. The normalized spacial score (nSPS) is 11.8. The van der Waals surface area contributed by atoms with Crippen molar-refractivity contribution in [3.63, 3.8) is 0 Å². The van der Waals surface area contributed by atoms with Gasteiger partial charge in [0.15, 0.2) is 0 Å². The van der Waals surface area contributed by atoms with E-state index in [9.17, 15) is 9.90 Å². The summed E-state index contributed by atoms with van der Waals surface area (Å²) >= 11 is 0. The molecule has 1 amide bonds. The van der Waals surface area contributed by atoms with E-state index in [0.29, 0.717) is 11.5 Å². The number of carbonyl (C=O) groups is 1. The summed E-state index contributed by atoms with van der Waals surface area (Å²) < 4.78 is 0. The molecule has 0 atom stereocenters. The number of hydrazone groups is 1. The number of hydrogen-bond donors (Lipinski definition) is 2. The molecule has 33 heavy (non-hydrogen) atoms. The largest absolute Gasteiger partial charge is 0.507 e. The standard InChI is InChI=1S/C27H34N4O2/c1-20(2)22-11-9-21(10-12-22)18-30(3)15-16-31(4)19-27(33)29-28-17-25-24-8-6-5-7-23(24)13-14-26(25)32/h5-14,17,20,32H,15-16,18-19H2,1-4H3,(H,29,33)/b28-17+. The number of fused-ring (bicyclic) bond motifs is 1. The summed E-state index contributed by atoms with van der Waals surface area (Å²) in [5.41, 5.74) is 5.79. The average Bonchev–Trinajstić information content (AvgIpc) is 2.79. The van der Waals surface area contributed by atoms with Gasteiger partial charge in [-0.2, -0.15) is 5.10 Å². The molecule has 0 heterocycles. The van der Waals surface area contributed by atoms with E-state index in [1.807, 2.05) is 42.3 Å². The number of benzene rings is 3. The Balaban J connectivity index is 1.44. The van der Waals surface area contributed by atoms with Crippen molar-refractivity contribution in [3.8, 4) is 5.75 Å². The van der Waals surface area contributed by atoms with Crippen LogP contribution in [0.4, 0.5) is 0 Å². The molecular weight excluding hydrogens is 412 g/mol. The quantitative estimate of drug-likeness (QED) is 0.362. The first-order valence-corrected chi connectivity index (χ1v) is 11.3. The molecule has 0 saturated heterocycles. The summed E-state index contributed by atoms with van der Waals surface area (Å²) in [6.45, 7) is 7.13. The summed E-state index contributed by atoms with van der Waals surface area (Å²) in [6, 6.07) is 20.0. The Hall–Kier alpha value is -3.22. The van der Waals surface area contributed by atoms with Crippen LogP contribution in [0.1, 0.15) is 36.5 Å². The van der Waals surface area contributed by atoms with Crippen LogP contribution >= 0.6 is 0 Å². The van der Waals surface area contributed by atoms with E-state index < -0.39 is 0 Å². The average molecular weight is 447 g/mol. The Labute approximate surface area is 196 Å². The number of hydrogen-bond acceptors (Lipinski definition) is 5. The maximum absolute atomic E-state index is 12.3. The fourth-order valence-corrected chi connectivity index (χ4v) is 3.69. The fraction of sp³-hybridized carbons (Fsp3) is 0.333. The number of rotatable bonds is 10. The van der Waals surface area contributed by atoms with Crippen LogP contribution in [0.3, 0.4) is 0 Å². The molecule has 3 aromatic rings. The highest BCUT2D eigenvalue weighted by Crippen LogP contribution is 2.25. The minimum absolute atomic E-state index is 0.130. The fourth-order valence-electron chi connectivity index (χ4n) is 3.69. The van der Waals surface area contributed by atoms with Crippen LogP contribution in [0.15, 0.2) is 65.8 Å². The number of likely N-dealkylation sites (N-methyl/N-ethyl adjacent to an activating group) is 2. The van der Waals surface area contributed by atoms with Gasteiger partial charge >= 0.3 is 0 Å². The van der Waals surface area contributed by atoms with E-state index in [4.69, 9.17) is 0 Å². The van der Waals surface area contributed by atoms with Crippen molar-refractivity contribution in [3.05, 3.63) is 77.4 Å². The highest BCUT2D eigenvalue weighted by Gasteiger charge is 2.09. The van der Waals surface area contributed by atoms with Gasteiger partial charge in [-0.15, -0.1) is 0 Å². The van der Waals surface area contributed by atoms with Crippen molar-refractivity contribution in [2.75, 3.05) is 33.7 Å². The van der Waals surface area contributed by atoms with Crippen molar-refractivity contribution < 1.29 is 9.90 Å². The van der Waals surface area contributed by atoms with Crippen LogP contribution < -0.4 is 5.43 Å². The molecule has 0 spiro atoms. The molecule has 0 aliphatic carbocycles. The first-order chi connectivity index (χ1) is 15.8. The second-order valence-electron chi connectivity index (χ2n) is 8.88. The van der Waals surface area contributed by atoms with Crippen LogP contribution in [0, 0.1) is 0 Å². The predicted molar refractivity (Wildman–Crippen MR) is 136 cm³/mol. The van der Waals surface area contributed by atoms with Gasteiger partial charge in [0.1, 0.15) is 5.75 Å². The number of amides is 1. The Morgan fingerprint density at radius 1 is 1.00 bits per heavy atom. The number of carbonyl (C=O) groups excluding carboxylic acids is 1. The van der Waals surface area contributed by atoms with Gasteiger partial charge in [0.05, 0.1) is 12.8 Å². The molecule has 0 aromatic heterocycles. The number of phenolic OH excluding ortho intramolecular Hbond substituents is 1. The van der Waals surface area contributed by atoms with Gasteiger partial charge in [-0.1, -0.05) is 68.4 Å². The van der Waals surface area contributed by atoms with E-state index in [-0.39, 0.29) is 18.2 Å². The molecule has 0 saturated carbocycles. The van der Waals surface area contributed by atoms with Crippen molar-refractivity contribution in [2.24, 2.45) is 5.10 Å². The molecule has 0 aliphatic heterocycles. The van der Waals surface area contributed by atoms with Gasteiger partial charge in [-0.25, -0.2) is 5.43 Å². The molecule has 6 nitrogen and oxygen atoms in total. The third-order valence-corrected chi connectivity index (χ3v) is 5.71. The van der Waals surface area contributed by atoms with Crippen LogP contribution in [0.5, 0.6) is 5.75 Å².